The highest BCUT2D eigenvalue weighted by atomic mass is 32.2. The predicted octanol–water partition coefficient (Wildman–Crippen LogP) is 3.79. The van der Waals surface area contributed by atoms with Crippen molar-refractivity contribution >= 4 is 33.4 Å². The number of amides is 1. The summed E-state index contributed by atoms with van der Waals surface area (Å²) in [4.78, 5) is 12.9. The molecule has 3 aromatic rings. The lowest BCUT2D eigenvalue weighted by atomic mass is 10.2. The van der Waals surface area contributed by atoms with Gasteiger partial charge >= 0.3 is 0 Å². The van der Waals surface area contributed by atoms with Crippen LogP contribution in [0.3, 0.4) is 0 Å². The summed E-state index contributed by atoms with van der Waals surface area (Å²) in [6.07, 6.45) is 2.80. The molecule has 33 heavy (non-hydrogen) atoms. The van der Waals surface area contributed by atoms with Crippen LogP contribution in [0.25, 0.3) is 5.69 Å². The molecule has 8 nitrogen and oxygen atoms in total. The summed E-state index contributed by atoms with van der Waals surface area (Å²) in [5.41, 5.74) is 2.23. The molecular formula is C23H27N5O3S2. The van der Waals surface area contributed by atoms with E-state index in [4.69, 9.17) is 0 Å². The van der Waals surface area contributed by atoms with Gasteiger partial charge < -0.3 is 5.32 Å². The van der Waals surface area contributed by atoms with E-state index < -0.39 is 10.0 Å². The Balaban J connectivity index is 1.46. The van der Waals surface area contributed by atoms with Crippen LogP contribution >= 0.6 is 11.8 Å². The van der Waals surface area contributed by atoms with Crippen LogP contribution < -0.4 is 5.32 Å². The van der Waals surface area contributed by atoms with Gasteiger partial charge in [0, 0.05) is 24.5 Å². The van der Waals surface area contributed by atoms with Crippen molar-refractivity contribution in [2.75, 3.05) is 24.2 Å². The molecule has 1 amide bonds. The number of aromatic nitrogens is 3. The standard InChI is InChI=1S/C23H27N5O3S2/c1-17-11-12-20(33(30,31)27-13-7-4-8-14-27)15-21(17)24-22(29)16-32-23-26-25-18(2)28(23)19-9-5-3-6-10-19/h3,5-6,9-12,15H,4,7-8,13-14,16H2,1-2H3,(H,24,29). The van der Waals surface area contributed by atoms with Gasteiger partial charge in [-0.3, -0.25) is 9.36 Å². The Hall–Kier alpha value is -2.69. The van der Waals surface area contributed by atoms with Crippen molar-refractivity contribution < 1.29 is 13.2 Å². The molecule has 1 saturated heterocycles. The van der Waals surface area contributed by atoms with E-state index in [2.05, 4.69) is 15.5 Å². The van der Waals surface area contributed by atoms with E-state index in [1.807, 2.05) is 48.7 Å². The third kappa shape index (κ3) is 5.29. The quantitative estimate of drug-likeness (QED) is 0.512. The topological polar surface area (TPSA) is 97.2 Å². The lowest BCUT2D eigenvalue weighted by Crippen LogP contribution is -2.35. The van der Waals surface area contributed by atoms with E-state index in [0.717, 1.165) is 36.3 Å². The molecule has 2 heterocycles. The first-order valence-corrected chi connectivity index (χ1v) is 13.3. The average molecular weight is 486 g/mol. The zero-order valence-corrected chi connectivity index (χ0v) is 20.3. The summed E-state index contributed by atoms with van der Waals surface area (Å²) in [5.74, 6) is 0.611. The number of para-hydroxylation sites is 1. The van der Waals surface area contributed by atoms with Crippen LogP contribution in [-0.2, 0) is 14.8 Å². The van der Waals surface area contributed by atoms with E-state index in [1.54, 1.807) is 18.2 Å². The number of nitrogens with zero attached hydrogens (tertiary/aromatic N) is 4. The Bertz CT molecular complexity index is 1240. The van der Waals surface area contributed by atoms with E-state index in [-0.39, 0.29) is 16.6 Å². The molecule has 0 radical (unpaired) electrons. The van der Waals surface area contributed by atoms with E-state index in [0.29, 0.717) is 23.9 Å². The largest absolute Gasteiger partial charge is 0.325 e. The number of thioether (sulfide) groups is 1. The number of anilines is 1. The summed E-state index contributed by atoms with van der Waals surface area (Å²) in [7, 11) is -3.57. The van der Waals surface area contributed by atoms with E-state index in [1.165, 1.54) is 16.1 Å². The zero-order chi connectivity index (χ0) is 23.4. The van der Waals surface area contributed by atoms with Crippen molar-refractivity contribution in [3.8, 4) is 5.69 Å². The first-order valence-electron chi connectivity index (χ1n) is 10.9. The summed E-state index contributed by atoms with van der Waals surface area (Å²) in [5, 5.41) is 11.8. The molecule has 0 atom stereocenters. The van der Waals surface area contributed by atoms with E-state index >= 15 is 0 Å². The molecule has 1 aliphatic heterocycles. The maximum Gasteiger partial charge on any atom is 0.243 e. The number of hydrogen-bond acceptors (Lipinski definition) is 6. The molecule has 174 valence electrons. The second-order valence-electron chi connectivity index (χ2n) is 7.98. The van der Waals surface area contributed by atoms with Crippen LogP contribution in [0.5, 0.6) is 0 Å². The van der Waals surface area contributed by atoms with Crippen molar-refractivity contribution in [2.45, 2.75) is 43.2 Å². The van der Waals surface area contributed by atoms with Gasteiger partial charge in [-0.05, 0) is 56.5 Å². The summed E-state index contributed by atoms with van der Waals surface area (Å²) >= 11 is 1.28. The number of sulfonamides is 1. The molecule has 10 heteroatoms. The van der Waals surface area contributed by atoms with Crippen molar-refractivity contribution in [3.05, 3.63) is 59.9 Å². The number of rotatable bonds is 7. The van der Waals surface area contributed by atoms with E-state index in [9.17, 15) is 13.2 Å². The number of carbonyl (C=O) groups excluding carboxylic acids is 1. The fourth-order valence-electron chi connectivity index (χ4n) is 3.78. The first-order chi connectivity index (χ1) is 15.9. The third-order valence-corrected chi connectivity index (χ3v) is 8.40. The fraction of sp³-hybridized carbons (Fsp3) is 0.348. The second kappa shape index (κ2) is 10.1. The number of hydrogen-bond donors (Lipinski definition) is 1. The Morgan fingerprint density at radius 3 is 2.48 bits per heavy atom. The molecule has 1 N–H and O–H groups in total. The minimum atomic E-state index is -3.57. The minimum Gasteiger partial charge on any atom is -0.325 e. The second-order valence-corrected chi connectivity index (χ2v) is 10.9. The number of piperidine rings is 1. The summed E-state index contributed by atoms with van der Waals surface area (Å²) < 4.78 is 29.5. The molecule has 0 spiro atoms. The van der Waals surface area contributed by atoms with Crippen LogP contribution in [0.15, 0.2) is 58.6 Å². The highest BCUT2D eigenvalue weighted by molar-refractivity contribution is 7.99. The third-order valence-electron chi connectivity index (χ3n) is 5.58. The number of carbonyl (C=O) groups is 1. The predicted molar refractivity (Wildman–Crippen MR) is 129 cm³/mol. The van der Waals surface area contributed by atoms with Crippen LogP contribution in [0, 0.1) is 13.8 Å². The zero-order valence-electron chi connectivity index (χ0n) is 18.7. The average Bonchev–Trinajstić information content (AvgIpc) is 3.20. The number of aryl methyl sites for hydroxylation is 2. The van der Waals surface area contributed by atoms with Gasteiger partial charge in [-0.15, -0.1) is 10.2 Å². The smallest absolute Gasteiger partial charge is 0.243 e. The summed E-state index contributed by atoms with van der Waals surface area (Å²) in [6.45, 7) is 4.78. The van der Waals surface area contributed by atoms with Gasteiger partial charge in [0.15, 0.2) is 5.16 Å². The van der Waals surface area contributed by atoms with Crippen LogP contribution in [0.1, 0.15) is 30.7 Å². The monoisotopic (exact) mass is 485 g/mol. The molecule has 0 aliphatic carbocycles. The SMILES string of the molecule is Cc1ccc(S(=O)(=O)N2CCCCC2)cc1NC(=O)CSc1nnc(C)n1-c1ccccc1. The molecular weight excluding hydrogens is 458 g/mol. The Labute approximate surface area is 198 Å². The first kappa shape index (κ1) is 23.5. The van der Waals surface area contributed by atoms with Gasteiger partial charge in [0.2, 0.25) is 15.9 Å². The van der Waals surface area contributed by atoms with Gasteiger partial charge in [0.1, 0.15) is 5.82 Å². The Kier molecular flexibility index (Phi) is 7.16. The Morgan fingerprint density at radius 1 is 1.03 bits per heavy atom. The highest BCUT2D eigenvalue weighted by Crippen LogP contribution is 2.26. The van der Waals surface area contributed by atoms with Gasteiger partial charge in [0.05, 0.1) is 10.6 Å². The minimum absolute atomic E-state index is 0.119. The number of nitrogens with one attached hydrogen (secondary N) is 1. The molecule has 1 fully saturated rings. The molecule has 1 aromatic heterocycles. The molecule has 0 bridgehead atoms. The molecule has 0 unspecified atom stereocenters. The molecule has 1 aliphatic rings. The van der Waals surface area contributed by atoms with Crippen molar-refractivity contribution in [3.63, 3.8) is 0 Å². The normalized spacial score (nSPS) is 14.8. The van der Waals surface area contributed by atoms with Crippen molar-refractivity contribution in [2.24, 2.45) is 0 Å². The summed E-state index contributed by atoms with van der Waals surface area (Å²) in [6, 6.07) is 14.6. The highest BCUT2D eigenvalue weighted by Gasteiger charge is 2.26. The van der Waals surface area contributed by atoms with Crippen LogP contribution in [0.2, 0.25) is 0 Å². The van der Waals surface area contributed by atoms with Gasteiger partial charge in [-0.25, -0.2) is 8.42 Å². The molecule has 0 saturated carbocycles. The van der Waals surface area contributed by atoms with Crippen molar-refractivity contribution in [1.29, 1.82) is 0 Å². The lowest BCUT2D eigenvalue weighted by Gasteiger charge is -2.26. The van der Waals surface area contributed by atoms with Gasteiger partial charge in [-0.2, -0.15) is 4.31 Å². The number of benzene rings is 2. The van der Waals surface area contributed by atoms with Crippen molar-refractivity contribution in [1.82, 2.24) is 19.1 Å². The fourth-order valence-corrected chi connectivity index (χ4v) is 6.12. The molecule has 4 rings (SSSR count). The maximum atomic E-state index is 13.0. The molecule has 2 aromatic carbocycles. The van der Waals surface area contributed by atoms with Crippen LogP contribution in [0.4, 0.5) is 5.69 Å². The Morgan fingerprint density at radius 2 is 1.76 bits per heavy atom. The maximum absolute atomic E-state index is 13.0. The lowest BCUT2D eigenvalue weighted by molar-refractivity contribution is -0.113. The van der Waals surface area contributed by atoms with Gasteiger partial charge in [-0.1, -0.05) is 42.4 Å². The van der Waals surface area contributed by atoms with Crippen LogP contribution in [-0.4, -0.2) is 52.2 Å². The van der Waals surface area contributed by atoms with Gasteiger partial charge in [0.25, 0.3) is 0 Å².